The van der Waals surface area contributed by atoms with Gasteiger partial charge in [0.1, 0.15) is 5.56 Å². The largest absolute Gasteiger partial charge is 0.336 e. The van der Waals surface area contributed by atoms with Crippen LogP contribution < -0.4 is 5.56 Å². The van der Waals surface area contributed by atoms with E-state index in [0.29, 0.717) is 13.1 Å². The third-order valence-corrected chi connectivity index (χ3v) is 4.68. The van der Waals surface area contributed by atoms with Gasteiger partial charge in [-0.15, -0.1) is 0 Å². The Morgan fingerprint density at radius 1 is 1.21 bits per heavy atom. The molecule has 1 saturated heterocycles. The zero-order chi connectivity index (χ0) is 16.7. The third-order valence-electron chi connectivity index (χ3n) is 4.68. The molecule has 0 unspecified atom stereocenters. The fourth-order valence-electron chi connectivity index (χ4n) is 3.35. The lowest BCUT2D eigenvalue weighted by atomic mass is 10.2. The van der Waals surface area contributed by atoms with E-state index in [1.165, 1.54) is 4.57 Å². The topological polar surface area (TPSA) is 60.1 Å². The summed E-state index contributed by atoms with van der Waals surface area (Å²) in [5, 5.41) is 0. The van der Waals surface area contributed by atoms with Crippen LogP contribution in [0.15, 0.2) is 53.7 Å². The molecule has 122 valence electrons. The second kappa shape index (κ2) is 5.63. The molecule has 0 bridgehead atoms. The number of pyridine rings is 1. The van der Waals surface area contributed by atoms with Crippen LogP contribution in [0, 0.1) is 0 Å². The number of rotatable bonds is 2. The number of benzene rings is 1. The zero-order valence-corrected chi connectivity index (χ0v) is 13.4. The number of imidazole rings is 1. The van der Waals surface area contributed by atoms with Gasteiger partial charge >= 0.3 is 0 Å². The minimum atomic E-state index is -0.251. The van der Waals surface area contributed by atoms with Crippen LogP contribution in [-0.4, -0.2) is 38.0 Å². The predicted molar refractivity (Wildman–Crippen MR) is 91.0 cm³/mol. The first-order valence-corrected chi connectivity index (χ1v) is 8.01. The molecule has 1 aliphatic heterocycles. The van der Waals surface area contributed by atoms with Crippen molar-refractivity contribution in [3.63, 3.8) is 0 Å². The van der Waals surface area contributed by atoms with Gasteiger partial charge in [0.05, 0.1) is 23.4 Å². The summed E-state index contributed by atoms with van der Waals surface area (Å²) in [6.45, 7) is 1.24. The van der Waals surface area contributed by atoms with Crippen molar-refractivity contribution in [2.45, 2.75) is 12.5 Å². The molecule has 1 fully saturated rings. The van der Waals surface area contributed by atoms with Gasteiger partial charge in [-0.1, -0.05) is 12.1 Å². The fraction of sp³-hybridized carbons (Fsp3) is 0.278. The van der Waals surface area contributed by atoms with Crippen molar-refractivity contribution in [1.82, 2.24) is 19.0 Å². The number of likely N-dealkylation sites (tertiary alicyclic amines) is 1. The monoisotopic (exact) mass is 322 g/mol. The Kier molecular flexibility index (Phi) is 3.45. The number of aryl methyl sites for hydroxylation is 1. The van der Waals surface area contributed by atoms with Gasteiger partial charge in [-0.3, -0.25) is 9.59 Å². The maximum Gasteiger partial charge on any atom is 0.263 e. The molecule has 3 heterocycles. The van der Waals surface area contributed by atoms with Crippen molar-refractivity contribution in [3.05, 3.63) is 64.8 Å². The van der Waals surface area contributed by atoms with E-state index in [2.05, 4.69) is 9.55 Å². The second-order valence-corrected chi connectivity index (χ2v) is 6.17. The van der Waals surface area contributed by atoms with Gasteiger partial charge in [-0.25, -0.2) is 4.98 Å². The highest BCUT2D eigenvalue weighted by molar-refractivity contribution is 5.94. The van der Waals surface area contributed by atoms with Gasteiger partial charge in [-0.2, -0.15) is 0 Å². The van der Waals surface area contributed by atoms with Crippen LogP contribution in [0.25, 0.3) is 11.0 Å². The van der Waals surface area contributed by atoms with Crippen LogP contribution in [0.2, 0.25) is 0 Å². The van der Waals surface area contributed by atoms with E-state index < -0.39 is 0 Å². The second-order valence-electron chi connectivity index (χ2n) is 6.17. The SMILES string of the molecule is Cn1cccc(C(=O)N2CC[C@@H](n3cnc4ccccc43)C2)c1=O. The Labute approximate surface area is 139 Å². The highest BCUT2D eigenvalue weighted by Gasteiger charge is 2.29. The molecule has 0 N–H and O–H groups in total. The number of carbonyl (C=O) groups excluding carboxylic acids is 1. The minimum Gasteiger partial charge on any atom is -0.336 e. The molecule has 0 saturated carbocycles. The molecular formula is C18H18N4O2. The normalized spacial score (nSPS) is 17.5. The number of nitrogens with zero attached hydrogens (tertiary/aromatic N) is 4. The molecule has 0 aliphatic carbocycles. The molecular weight excluding hydrogens is 304 g/mol. The van der Waals surface area contributed by atoms with E-state index in [4.69, 9.17) is 0 Å². The van der Waals surface area contributed by atoms with Crippen LogP contribution in [0.1, 0.15) is 22.8 Å². The minimum absolute atomic E-state index is 0.189. The van der Waals surface area contributed by atoms with Crippen molar-refractivity contribution in [2.24, 2.45) is 7.05 Å². The average molecular weight is 322 g/mol. The number of fused-ring (bicyclic) bond motifs is 1. The summed E-state index contributed by atoms with van der Waals surface area (Å²) in [5.41, 5.74) is 2.02. The first-order chi connectivity index (χ1) is 11.6. The van der Waals surface area contributed by atoms with Gasteiger partial charge in [0.2, 0.25) is 0 Å². The molecule has 0 radical (unpaired) electrons. The van der Waals surface area contributed by atoms with Crippen molar-refractivity contribution in [2.75, 3.05) is 13.1 Å². The van der Waals surface area contributed by atoms with Crippen LogP contribution >= 0.6 is 0 Å². The molecule has 1 atom stereocenters. The van der Waals surface area contributed by atoms with Crippen molar-refractivity contribution in [1.29, 1.82) is 0 Å². The quantitative estimate of drug-likeness (QED) is 0.723. The molecule has 1 aromatic carbocycles. The molecule has 4 rings (SSSR count). The van der Waals surface area contributed by atoms with Gasteiger partial charge in [0.25, 0.3) is 11.5 Å². The van der Waals surface area contributed by atoms with Gasteiger partial charge < -0.3 is 14.0 Å². The smallest absolute Gasteiger partial charge is 0.263 e. The molecule has 2 aromatic heterocycles. The zero-order valence-electron chi connectivity index (χ0n) is 13.4. The van der Waals surface area contributed by atoms with Gasteiger partial charge in [-0.05, 0) is 30.7 Å². The van der Waals surface area contributed by atoms with Crippen LogP contribution in [0.4, 0.5) is 0 Å². The van der Waals surface area contributed by atoms with Crippen LogP contribution in [0.5, 0.6) is 0 Å². The summed E-state index contributed by atoms with van der Waals surface area (Å²) in [5.74, 6) is -0.192. The highest BCUT2D eigenvalue weighted by Crippen LogP contribution is 2.26. The summed E-state index contributed by atoms with van der Waals surface area (Å²) in [7, 11) is 1.66. The molecule has 3 aromatic rings. The number of hydrogen-bond donors (Lipinski definition) is 0. The lowest BCUT2D eigenvalue weighted by Gasteiger charge is -2.17. The standard InChI is InChI=1S/C18H18N4O2/c1-20-9-4-5-14(17(20)23)18(24)21-10-8-13(11-21)22-12-19-15-6-2-3-7-16(15)22/h2-7,9,12-13H,8,10-11H2,1H3/t13-/m1/s1. The highest BCUT2D eigenvalue weighted by atomic mass is 16.2. The van der Waals surface area contributed by atoms with Crippen molar-refractivity contribution < 1.29 is 4.79 Å². The van der Waals surface area contributed by atoms with E-state index in [1.807, 2.05) is 30.6 Å². The van der Waals surface area contributed by atoms with E-state index >= 15 is 0 Å². The summed E-state index contributed by atoms with van der Waals surface area (Å²) in [6, 6.07) is 11.5. The lowest BCUT2D eigenvalue weighted by molar-refractivity contribution is 0.0785. The molecule has 1 aliphatic rings. The maximum atomic E-state index is 12.7. The summed E-state index contributed by atoms with van der Waals surface area (Å²) < 4.78 is 3.57. The Hall–Kier alpha value is -2.89. The number of carbonyl (C=O) groups is 1. The predicted octanol–water partition coefficient (Wildman–Crippen LogP) is 1.82. The first kappa shape index (κ1) is 14.7. The Balaban J connectivity index is 1.59. The number of hydrogen-bond acceptors (Lipinski definition) is 3. The van der Waals surface area contributed by atoms with Crippen LogP contribution in [0.3, 0.4) is 0 Å². The fourth-order valence-corrected chi connectivity index (χ4v) is 3.35. The molecule has 0 spiro atoms. The van der Waals surface area contributed by atoms with Crippen molar-refractivity contribution in [3.8, 4) is 0 Å². The average Bonchev–Trinajstić information content (AvgIpc) is 3.23. The van der Waals surface area contributed by atoms with Crippen molar-refractivity contribution >= 4 is 16.9 Å². The van der Waals surface area contributed by atoms with Gasteiger partial charge in [0.15, 0.2) is 0 Å². The number of para-hydroxylation sites is 2. The van der Waals surface area contributed by atoms with Gasteiger partial charge in [0, 0.05) is 26.3 Å². The first-order valence-electron chi connectivity index (χ1n) is 8.01. The third kappa shape index (κ3) is 2.31. The Morgan fingerprint density at radius 3 is 2.92 bits per heavy atom. The van der Waals surface area contributed by atoms with E-state index in [0.717, 1.165) is 17.5 Å². The lowest BCUT2D eigenvalue weighted by Crippen LogP contribution is -2.34. The Morgan fingerprint density at radius 2 is 2.04 bits per heavy atom. The van der Waals surface area contributed by atoms with E-state index in [1.54, 1.807) is 30.3 Å². The summed E-state index contributed by atoms with van der Waals surface area (Å²) in [6.07, 6.45) is 4.35. The molecule has 24 heavy (non-hydrogen) atoms. The van der Waals surface area contributed by atoms with E-state index in [9.17, 15) is 9.59 Å². The van der Waals surface area contributed by atoms with Crippen LogP contribution in [-0.2, 0) is 7.05 Å². The maximum absolute atomic E-state index is 12.7. The number of amides is 1. The number of aromatic nitrogens is 3. The molecule has 6 nitrogen and oxygen atoms in total. The Bertz CT molecular complexity index is 972. The molecule has 6 heteroatoms. The summed E-state index contributed by atoms with van der Waals surface area (Å²) >= 11 is 0. The molecule has 1 amide bonds. The van der Waals surface area contributed by atoms with E-state index in [-0.39, 0.29) is 23.1 Å². The summed E-state index contributed by atoms with van der Waals surface area (Å²) in [4.78, 5) is 31.0.